The quantitative estimate of drug-likeness (QED) is 0.0303. The molecule has 0 saturated carbocycles. The molecule has 622 valence electrons. The van der Waals surface area contributed by atoms with E-state index in [9.17, 15) is 5.11 Å². The van der Waals surface area contributed by atoms with Gasteiger partial charge in [0.2, 0.25) is 0 Å². The number of aliphatic hydroxyl groups excluding tert-OH is 1. The number of para-hydroxylation sites is 2. The molecule has 12 aromatic carbocycles. The van der Waals surface area contributed by atoms with Crippen molar-refractivity contribution in [3.8, 4) is 69.0 Å². The van der Waals surface area contributed by atoms with Crippen LogP contribution in [0.4, 0.5) is 5.69 Å². The molecule has 0 unspecified atom stereocenters. The number of aliphatic imine (C=N–C) groups is 1. The van der Waals surface area contributed by atoms with Crippen LogP contribution >= 0.6 is 23.4 Å². The second-order valence-corrected chi connectivity index (χ2v) is 28.7. The third-order valence-electron chi connectivity index (χ3n) is 19.4. The summed E-state index contributed by atoms with van der Waals surface area (Å²) in [4.78, 5) is 5.78. The largest absolute Gasteiger partial charge is 0.504 e. The van der Waals surface area contributed by atoms with Gasteiger partial charge in [-0.15, -0.1) is 11.8 Å². The van der Waals surface area contributed by atoms with Crippen LogP contribution in [0.3, 0.4) is 0 Å². The van der Waals surface area contributed by atoms with Gasteiger partial charge in [0.15, 0.2) is 69.0 Å². The molecular formula is C102H118ClNO13S. The lowest BCUT2D eigenvalue weighted by molar-refractivity contribution is 0.274. The average molecular weight is 1630 g/mol. The summed E-state index contributed by atoms with van der Waals surface area (Å²) in [5.41, 5.74) is 20.3. The van der Waals surface area contributed by atoms with Crippen LogP contribution in [0.5, 0.6) is 69.0 Å². The van der Waals surface area contributed by atoms with E-state index in [-0.39, 0.29) is 12.4 Å². The Labute approximate surface area is 710 Å². The number of phenols is 1. The maximum atomic E-state index is 9.49. The van der Waals surface area contributed by atoms with Crippen molar-refractivity contribution in [1.29, 1.82) is 0 Å². The summed E-state index contributed by atoms with van der Waals surface area (Å²) in [6, 6.07) is 82.9. The molecule has 0 radical (unpaired) electrons. The monoisotopic (exact) mass is 1630 g/mol. The van der Waals surface area contributed by atoms with Crippen molar-refractivity contribution in [3.63, 3.8) is 0 Å². The summed E-state index contributed by atoms with van der Waals surface area (Å²) < 4.78 is 59.7. The molecule has 0 spiro atoms. The maximum Gasteiger partial charge on any atom is 0.163 e. The van der Waals surface area contributed by atoms with Crippen molar-refractivity contribution >= 4 is 35.3 Å². The van der Waals surface area contributed by atoms with E-state index >= 15 is 0 Å². The van der Waals surface area contributed by atoms with Crippen LogP contribution in [0.15, 0.2) is 259 Å². The SMILES string of the molecule is CCOc1cc(CCc2cccc(Cl)c2C)ccc1OC.CCOc1cc(CCc2ccccc2SC)ccc1OC.CCOc1ccc(CCc2ccccc2C)cc1OC.COc1cc(C=Nc2ccccc2C)ccc1O.COc1cc(CO)ccc1OCc1ccccc1C.COc1cccc(CCc2cccc(C)c2)c1OC. The zero-order chi connectivity index (χ0) is 85.0. The average Bonchev–Trinajstić information content (AvgIpc) is 0.872. The molecule has 12 aromatic rings. The Balaban J connectivity index is 0.000000196. The molecule has 0 bridgehead atoms. The van der Waals surface area contributed by atoms with E-state index in [1.165, 1.54) is 73.2 Å². The molecular weight excluding hydrogens is 1510 g/mol. The number of aryl methyl sites for hydroxylation is 12. The number of rotatable bonds is 32. The van der Waals surface area contributed by atoms with Crippen LogP contribution in [0.2, 0.25) is 5.02 Å². The van der Waals surface area contributed by atoms with Crippen LogP contribution in [0, 0.1) is 34.6 Å². The molecule has 0 fully saturated rings. The molecule has 0 saturated heterocycles. The van der Waals surface area contributed by atoms with Gasteiger partial charge >= 0.3 is 0 Å². The molecule has 118 heavy (non-hydrogen) atoms. The smallest absolute Gasteiger partial charge is 0.163 e. The van der Waals surface area contributed by atoms with E-state index in [0.717, 1.165) is 136 Å². The summed E-state index contributed by atoms with van der Waals surface area (Å²) in [5, 5.41) is 19.4. The standard InChI is InChI=1S/C18H21ClO2.C18H22O2S.C18H22O2.C17H20O2.C16H18O3.C15H15NO2/c1-4-21-18-12-14(9-11-17(18)20-3)8-10-15-6-5-7-16(19)13(15)2;1-4-20-17-13-14(10-12-16(17)19-2)9-11-15-7-5-6-8-18(15)21-3;1-4-20-17-12-10-15(13-18(17)19-3)9-11-16-8-6-5-7-14(16)2;1-13-6-4-7-14(12-13)10-11-15-8-5-9-16(18-2)17(15)19-3;1-12-5-3-4-6-14(12)11-19-15-8-7-13(10-17)9-16(15)18-2;1-11-5-3-4-6-13(11)16-10-12-7-8-14(17)15(9-12)18-2/h5-7,9,11-12H,4,8,10H2,1-3H3;5-8,10,12-13H,4,9,11H2,1-3H3;5-8,10,12-13H,4,9,11H2,1-3H3;4-9,12H,10-11H2,1-3H3;3-9,17H,10-11H2,1-2H3;3-10,17H,1-2H3. The lowest BCUT2D eigenvalue weighted by atomic mass is 10.0. The number of hydrogen-bond acceptors (Lipinski definition) is 15. The summed E-state index contributed by atoms with van der Waals surface area (Å²) in [7, 11) is 11.5. The fourth-order valence-electron chi connectivity index (χ4n) is 12.8. The van der Waals surface area contributed by atoms with Gasteiger partial charge in [-0.05, 0) is 287 Å². The molecule has 0 aliphatic carbocycles. The third kappa shape index (κ3) is 30.2. The maximum absolute atomic E-state index is 9.49. The second-order valence-electron chi connectivity index (χ2n) is 27.5. The van der Waals surface area contributed by atoms with E-state index < -0.39 is 0 Å². The fourth-order valence-corrected chi connectivity index (χ4v) is 13.6. The van der Waals surface area contributed by atoms with Crippen molar-refractivity contribution in [2.75, 3.05) is 75.8 Å². The van der Waals surface area contributed by atoms with Gasteiger partial charge in [-0.3, -0.25) is 4.99 Å². The Bertz CT molecular complexity index is 5040. The first kappa shape index (κ1) is 93.7. The van der Waals surface area contributed by atoms with Gasteiger partial charge in [-0.25, -0.2) is 0 Å². The molecule has 0 atom stereocenters. The zero-order valence-corrected chi connectivity index (χ0v) is 73.1. The topological polar surface area (TPSA) is 154 Å². The van der Waals surface area contributed by atoms with E-state index in [1.807, 2.05) is 125 Å². The van der Waals surface area contributed by atoms with Crippen molar-refractivity contribution < 1.29 is 62.3 Å². The molecule has 12 rings (SSSR count). The second kappa shape index (κ2) is 51.6. The Hall–Kier alpha value is -11.5. The minimum absolute atomic E-state index is 0.00552. The number of benzene rings is 12. The lowest BCUT2D eigenvalue weighted by Crippen LogP contribution is -2.00. The number of aromatic hydroxyl groups is 1. The predicted octanol–water partition coefficient (Wildman–Crippen LogP) is 24.0. The van der Waals surface area contributed by atoms with Crippen molar-refractivity contribution in [2.24, 2.45) is 4.99 Å². The van der Waals surface area contributed by atoms with Crippen molar-refractivity contribution in [2.45, 2.75) is 125 Å². The highest BCUT2D eigenvalue weighted by molar-refractivity contribution is 7.98. The Morgan fingerprint density at radius 2 is 0.788 bits per heavy atom. The number of ether oxygens (including phenoxy) is 11. The first-order valence-electron chi connectivity index (χ1n) is 39.8. The van der Waals surface area contributed by atoms with Crippen LogP contribution in [-0.2, 0) is 64.6 Å². The van der Waals surface area contributed by atoms with Crippen molar-refractivity contribution in [1.82, 2.24) is 0 Å². The van der Waals surface area contributed by atoms with Crippen LogP contribution in [-0.4, -0.2) is 92.3 Å². The van der Waals surface area contributed by atoms with Crippen LogP contribution in [0.25, 0.3) is 0 Å². The minimum Gasteiger partial charge on any atom is -0.504 e. The molecule has 0 aliphatic rings. The summed E-state index contributed by atoms with van der Waals surface area (Å²) in [5.74, 6) is 8.38. The van der Waals surface area contributed by atoms with Gasteiger partial charge in [0.25, 0.3) is 0 Å². The first-order chi connectivity index (χ1) is 57.4. The van der Waals surface area contributed by atoms with E-state index in [1.54, 1.807) is 84.9 Å². The molecule has 0 heterocycles. The van der Waals surface area contributed by atoms with Gasteiger partial charge in [-0.1, -0.05) is 175 Å². The Kier molecular flexibility index (Phi) is 40.9. The first-order valence-corrected chi connectivity index (χ1v) is 41.4. The molecule has 0 aromatic heterocycles. The van der Waals surface area contributed by atoms with Gasteiger partial charge < -0.3 is 62.3 Å². The number of thioether (sulfide) groups is 1. The van der Waals surface area contributed by atoms with Gasteiger partial charge in [0.05, 0.1) is 81.9 Å². The highest BCUT2D eigenvalue weighted by Crippen LogP contribution is 2.36. The van der Waals surface area contributed by atoms with Crippen LogP contribution in [0.1, 0.15) is 110 Å². The third-order valence-corrected chi connectivity index (χ3v) is 20.7. The normalized spacial score (nSPS) is 10.4. The van der Waals surface area contributed by atoms with E-state index in [0.29, 0.717) is 43.7 Å². The molecule has 0 amide bonds. The number of phenolic OH excluding ortho intramolecular Hbond substituents is 1. The predicted molar refractivity (Wildman–Crippen MR) is 486 cm³/mol. The molecule has 16 heteroatoms. The lowest BCUT2D eigenvalue weighted by Gasteiger charge is -2.12. The van der Waals surface area contributed by atoms with Crippen molar-refractivity contribution in [3.05, 3.63) is 343 Å². The summed E-state index contributed by atoms with van der Waals surface area (Å²) >= 11 is 7.97. The number of aliphatic hydroxyl groups is 1. The number of nitrogens with zero attached hydrogens (tertiary/aromatic N) is 1. The Morgan fingerprint density at radius 3 is 1.33 bits per heavy atom. The highest BCUT2D eigenvalue weighted by Gasteiger charge is 2.14. The molecule has 2 N–H and O–H groups in total. The molecule has 14 nitrogen and oxygen atoms in total. The molecule has 0 aliphatic heterocycles. The van der Waals surface area contributed by atoms with Crippen LogP contribution < -0.4 is 52.1 Å². The minimum atomic E-state index is -0.00552. The number of hydrogen-bond donors (Lipinski definition) is 2. The van der Waals surface area contributed by atoms with E-state index in [2.05, 4.69) is 166 Å². The highest BCUT2D eigenvalue weighted by atomic mass is 35.5. The van der Waals surface area contributed by atoms with Gasteiger partial charge in [0.1, 0.15) is 6.61 Å². The number of methoxy groups -OCH3 is 7. The Morgan fingerprint density at radius 1 is 0.347 bits per heavy atom. The zero-order valence-electron chi connectivity index (χ0n) is 71.6. The fraction of sp³-hybridized carbons (Fsp3) is 0.284. The van der Waals surface area contributed by atoms with Gasteiger partial charge in [0, 0.05) is 16.1 Å². The summed E-state index contributed by atoms with van der Waals surface area (Å²) in [6.45, 7) is 18.8. The summed E-state index contributed by atoms with van der Waals surface area (Å²) in [6.07, 6.45) is 11.8. The van der Waals surface area contributed by atoms with E-state index in [4.69, 9.17) is 68.8 Å². The van der Waals surface area contributed by atoms with Gasteiger partial charge in [-0.2, -0.15) is 0 Å². The number of halogens is 1.